The first-order valence-corrected chi connectivity index (χ1v) is 14.8. The van der Waals surface area contributed by atoms with Crippen LogP contribution < -0.4 is 16.0 Å². The van der Waals surface area contributed by atoms with E-state index in [1.165, 1.54) is 11.3 Å². The Kier molecular flexibility index (Phi) is 9.60. The average Bonchev–Trinajstić information content (AvgIpc) is 3.42. The van der Waals surface area contributed by atoms with Crippen molar-refractivity contribution in [2.45, 2.75) is 52.6 Å². The van der Waals surface area contributed by atoms with Gasteiger partial charge < -0.3 is 20.7 Å². The molecule has 4 rings (SSSR count). The van der Waals surface area contributed by atoms with Gasteiger partial charge in [0.15, 0.2) is 5.13 Å². The van der Waals surface area contributed by atoms with Crippen molar-refractivity contribution < 1.29 is 19.1 Å². The van der Waals surface area contributed by atoms with Gasteiger partial charge in [0.2, 0.25) is 5.91 Å². The first-order chi connectivity index (χ1) is 20.3. The van der Waals surface area contributed by atoms with Crippen molar-refractivity contribution in [1.82, 2.24) is 20.6 Å². The van der Waals surface area contributed by atoms with Crippen molar-refractivity contribution in [2.24, 2.45) is 0 Å². The van der Waals surface area contributed by atoms with Crippen LogP contribution in [-0.2, 0) is 14.9 Å². The van der Waals surface area contributed by atoms with Crippen molar-refractivity contribution in [2.75, 3.05) is 18.4 Å². The molecule has 0 radical (unpaired) electrons. The van der Waals surface area contributed by atoms with E-state index in [9.17, 15) is 14.4 Å². The van der Waals surface area contributed by atoms with Crippen LogP contribution in [0.4, 0.5) is 9.93 Å². The molecule has 0 aliphatic rings. The summed E-state index contributed by atoms with van der Waals surface area (Å²) < 4.78 is 5.34. The smallest absolute Gasteiger partial charge is 0.407 e. The zero-order valence-electron chi connectivity index (χ0n) is 25.3. The van der Waals surface area contributed by atoms with Gasteiger partial charge >= 0.3 is 6.09 Å². The first-order valence-electron chi connectivity index (χ1n) is 13.9. The number of aryl methyl sites for hydroxylation is 1. The minimum Gasteiger partial charge on any atom is -0.444 e. The second-order valence-electron chi connectivity index (χ2n) is 11.9. The number of aromatic nitrogens is 2. The minimum absolute atomic E-state index is 0.210. The molecule has 0 atom stereocenters. The number of carbonyl (C=O) groups is 3. The summed E-state index contributed by atoms with van der Waals surface area (Å²) in [6.07, 6.45) is 3.01. The van der Waals surface area contributed by atoms with E-state index >= 15 is 0 Å². The van der Waals surface area contributed by atoms with Crippen LogP contribution in [-0.4, -0.2) is 46.6 Å². The second kappa shape index (κ2) is 13.2. The van der Waals surface area contributed by atoms with Gasteiger partial charge in [-0.1, -0.05) is 43.7 Å². The molecule has 0 fully saturated rings. The lowest BCUT2D eigenvalue weighted by molar-refractivity contribution is -0.115. The van der Waals surface area contributed by atoms with E-state index in [1.807, 2.05) is 89.4 Å². The Hall–Kier alpha value is -4.57. The van der Waals surface area contributed by atoms with Crippen LogP contribution in [0.3, 0.4) is 0 Å². The fraction of sp³-hybridized carbons (Fsp3) is 0.303. The molecule has 0 aliphatic heterocycles. The number of pyridine rings is 1. The molecule has 0 unspecified atom stereocenters. The predicted molar refractivity (Wildman–Crippen MR) is 170 cm³/mol. The number of hydrogen-bond acceptors (Lipinski definition) is 7. The van der Waals surface area contributed by atoms with E-state index in [-0.39, 0.29) is 18.4 Å². The van der Waals surface area contributed by atoms with E-state index in [0.29, 0.717) is 17.2 Å². The molecule has 0 bridgehead atoms. The van der Waals surface area contributed by atoms with Crippen LogP contribution in [0.25, 0.3) is 22.4 Å². The molecule has 0 saturated carbocycles. The molecule has 224 valence electrons. The van der Waals surface area contributed by atoms with Gasteiger partial charge in [-0.15, -0.1) is 11.3 Å². The SMILES string of the molecule is Cc1cc(C(=O)NCC(=O)Nc2nc(-c3cccc(-c4ccncc4)c3)cs2)cc(C(C)(C)CNC(=O)OC(C)(C)C)c1. The zero-order chi connectivity index (χ0) is 31.2. The Morgan fingerprint density at radius 3 is 2.33 bits per heavy atom. The molecule has 10 heteroatoms. The number of amides is 3. The number of benzene rings is 2. The number of nitrogens with zero attached hydrogens (tertiary/aromatic N) is 2. The quantitative estimate of drug-likeness (QED) is 0.206. The molecule has 0 spiro atoms. The summed E-state index contributed by atoms with van der Waals surface area (Å²) in [5, 5.41) is 10.6. The molecular formula is C33H37N5O4S. The lowest BCUT2D eigenvalue weighted by Gasteiger charge is -2.28. The third-order valence-corrected chi connectivity index (χ3v) is 7.28. The molecule has 9 nitrogen and oxygen atoms in total. The molecule has 2 aromatic heterocycles. The Morgan fingerprint density at radius 1 is 0.884 bits per heavy atom. The highest BCUT2D eigenvalue weighted by molar-refractivity contribution is 7.14. The van der Waals surface area contributed by atoms with Crippen LogP contribution in [0.15, 0.2) is 72.4 Å². The van der Waals surface area contributed by atoms with Crippen LogP contribution in [0, 0.1) is 6.92 Å². The maximum absolute atomic E-state index is 13.0. The van der Waals surface area contributed by atoms with Crippen LogP contribution in [0.1, 0.15) is 56.1 Å². The van der Waals surface area contributed by atoms with E-state index < -0.39 is 17.1 Å². The van der Waals surface area contributed by atoms with Crippen molar-refractivity contribution in [3.8, 4) is 22.4 Å². The van der Waals surface area contributed by atoms with Crippen molar-refractivity contribution in [3.63, 3.8) is 0 Å². The highest BCUT2D eigenvalue weighted by Crippen LogP contribution is 2.29. The highest BCUT2D eigenvalue weighted by atomic mass is 32.1. The number of ether oxygens (including phenoxy) is 1. The fourth-order valence-corrected chi connectivity index (χ4v) is 5.04. The van der Waals surface area contributed by atoms with Gasteiger partial charge in [-0.25, -0.2) is 9.78 Å². The molecule has 3 N–H and O–H groups in total. The van der Waals surface area contributed by atoms with Crippen molar-refractivity contribution >= 4 is 34.4 Å². The van der Waals surface area contributed by atoms with Gasteiger partial charge in [0.05, 0.1) is 12.2 Å². The van der Waals surface area contributed by atoms with E-state index in [2.05, 4.69) is 25.9 Å². The summed E-state index contributed by atoms with van der Waals surface area (Å²) in [6.45, 7) is 11.4. The third kappa shape index (κ3) is 8.96. The monoisotopic (exact) mass is 599 g/mol. The third-order valence-electron chi connectivity index (χ3n) is 6.53. The maximum atomic E-state index is 13.0. The van der Waals surface area contributed by atoms with Gasteiger partial charge in [-0.05, 0) is 74.7 Å². The minimum atomic E-state index is -0.594. The molecule has 4 aromatic rings. The van der Waals surface area contributed by atoms with E-state index in [4.69, 9.17) is 4.74 Å². The highest BCUT2D eigenvalue weighted by Gasteiger charge is 2.25. The lowest BCUT2D eigenvalue weighted by atomic mass is 9.83. The number of rotatable bonds is 9. The van der Waals surface area contributed by atoms with Crippen molar-refractivity contribution in [1.29, 1.82) is 0 Å². The first kappa shape index (κ1) is 31.4. The largest absolute Gasteiger partial charge is 0.444 e. The summed E-state index contributed by atoms with van der Waals surface area (Å²) in [5.74, 6) is -0.752. The molecule has 2 aromatic carbocycles. The number of carbonyl (C=O) groups excluding carboxylic acids is 3. The van der Waals surface area contributed by atoms with Crippen molar-refractivity contribution in [3.05, 3.63) is 89.1 Å². The summed E-state index contributed by atoms with van der Waals surface area (Å²) in [5.41, 5.74) is 4.90. The summed E-state index contributed by atoms with van der Waals surface area (Å²) in [6, 6.07) is 17.4. The number of thiazole rings is 1. The maximum Gasteiger partial charge on any atom is 0.407 e. The van der Waals surface area contributed by atoms with Crippen LogP contribution in [0.5, 0.6) is 0 Å². The Balaban J connectivity index is 1.34. The Bertz CT molecular complexity index is 1610. The molecule has 3 amide bonds. The number of nitrogens with one attached hydrogen (secondary N) is 3. The molecule has 0 saturated heterocycles. The molecular weight excluding hydrogens is 562 g/mol. The van der Waals surface area contributed by atoms with Gasteiger partial charge in [0.1, 0.15) is 5.60 Å². The standard InChI is InChI=1S/C33H37N5O4S/c1-21-14-25(17-26(15-21)33(5,6)20-36-31(41)42-32(2,3)4)29(40)35-18-28(39)38-30-37-27(19-43-30)24-9-7-8-23(16-24)22-10-12-34-13-11-22/h7-17,19H,18,20H2,1-6H3,(H,35,40)(H,36,41)(H,37,38,39). The number of anilines is 1. The molecule has 43 heavy (non-hydrogen) atoms. The summed E-state index contributed by atoms with van der Waals surface area (Å²) in [4.78, 5) is 46.4. The number of hydrogen-bond donors (Lipinski definition) is 3. The molecule has 2 heterocycles. The van der Waals surface area contributed by atoms with Gasteiger partial charge in [-0.3, -0.25) is 14.6 Å². The second-order valence-corrected chi connectivity index (χ2v) is 12.8. The summed E-state index contributed by atoms with van der Waals surface area (Å²) in [7, 11) is 0. The Morgan fingerprint density at radius 2 is 1.60 bits per heavy atom. The summed E-state index contributed by atoms with van der Waals surface area (Å²) >= 11 is 1.32. The van der Waals surface area contributed by atoms with E-state index in [0.717, 1.165) is 33.5 Å². The normalized spacial score (nSPS) is 11.5. The average molecular weight is 600 g/mol. The topological polar surface area (TPSA) is 122 Å². The van der Waals surface area contributed by atoms with E-state index in [1.54, 1.807) is 24.5 Å². The lowest BCUT2D eigenvalue weighted by Crippen LogP contribution is -2.40. The fourth-order valence-electron chi connectivity index (χ4n) is 4.31. The van der Waals surface area contributed by atoms with Gasteiger partial charge in [0, 0.05) is 40.9 Å². The number of alkyl carbamates (subject to hydrolysis) is 1. The van der Waals surface area contributed by atoms with Crippen LogP contribution >= 0.6 is 11.3 Å². The predicted octanol–water partition coefficient (Wildman–Crippen LogP) is 6.35. The van der Waals surface area contributed by atoms with Gasteiger partial charge in [-0.2, -0.15) is 0 Å². The van der Waals surface area contributed by atoms with Crippen LogP contribution in [0.2, 0.25) is 0 Å². The Labute approximate surface area is 256 Å². The molecule has 0 aliphatic carbocycles. The van der Waals surface area contributed by atoms with Gasteiger partial charge in [0.25, 0.3) is 5.91 Å². The zero-order valence-corrected chi connectivity index (χ0v) is 26.1.